The Kier molecular flexibility index (Phi) is 5.72. The quantitative estimate of drug-likeness (QED) is 0.546. The van der Waals surface area contributed by atoms with Crippen LogP contribution in [0.4, 0.5) is 4.79 Å². The second kappa shape index (κ2) is 8.02. The molecule has 0 aliphatic carbocycles. The van der Waals surface area contributed by atoms with Gasteiger partial charge in [-0.15, -0.1) is 0 Å². The molecule has 0 unspecified atom stereocenters. The third kappa shape index (κ3) is 4.09. The molecule has 0 spiro atoms. The minimum Gasteiger partial charge on any atom is -0.493 e. The van der Waals surface area contributed by atoms with Crippen molar-refractivity contribution < 1.29 is 19.1 Å². The van der Waals surface area contributed by atoms with Gasteiger partial charge in [-0.2, -0.15) is 0 Å². The maximum absolute atomic E-state index is 12.7. The summed E-state index contributed by atoms with van der Waals surface area (Å²) >= 11 is 9.27. The summed E-state index contributed by atoms with van der Waals surface area (Å²) in [4.78, 5) is 26.1. The molecule has 2 aromatic rings. The van der Waals surface area contributed by atoms with Crippen molar-refractivity contribution in [1.82, 2.24) is 10.2 Å². The largest absolute Gasteiger partial charge is 0.493 e. The van der Waals surface area contributed by atoms with Gasteiger partial charge in [-0.3, -0.25) is 9.69 Å². The Labute approximate surface area is 169 Å². The number of urea groups is 1. The van der Waals surface area contributed by atoms with Crippen LogP contribution in [0.1, 0.15) is 11.1 Å². The average molecular weight is 452 g/mol. The minimum absolute atomic E-state index is 0.151. The lowest BCUT2D eigenvalue weighted by molar-refractivity contribution is -0.123. The highest BCUT2D eigenvalue weighted by Gasteiger charge is 2.33. The number of carbonyl (C=O) groups is 2. The van der Waals surface area contributed by atoms with Crippen LogP contribution in [0.2, 0.25) is 5.02 Å². The van der Waals surface area contributed by atoms with E-state index in [-0.39, 0.29) is 12.2 Å². The molecule has 1 aliphatic rings. The zero-order valence-electron chi connectivity index (χ0n) is 14.6. The standard InChI is InChI=1S/C19H16BrClN2O4/c1-26-16-9-13(20)7-12(17(16)27-2)8-15-18(24)23(19(25)22-15)10-11-3-5-14(21)6-4-11/h3-9H,10H2,1-2H3,(H,22,25)/b15-8+. The van der Waals surface area contributed by atoms with Crippen LogP contribution >= 0.6 is 27.5 Å². The smallest absolute Gasteiger partial charge is 0.329 e. The first-order chi connectivity index (χ1) is 12.9. The van der Waals surface area contributed by atoms with Gasteiger partial charge in [0.15, 0.2) is 11.5 Å². The van der Waals surface area contributed by atoms with Gasteiger partial charge in [0.05, 0.1) is 20.8 Å². The summed E-state index contributed by atoms with van der Waals surface area (Å²) in [5, 5.41) is 3.19. The molecule has 0 bridgehead atoms. The van der Waals surface area contributed by atoms with Crippen molar-refractivity contribution in [3.05, 3.63) is 62.7 Å². The number of rotatable bonds is 5. The van der Waals surface area contributed by atoms with E-state index in [4.69, 9.17) is 21.1 Å². The monoisotopic (exact) mass is 450 g/mol. The van der Waals surface area contributed by atoms with Crippen LogP contribution in [0.15, 0.2) is 46.6 Å². The predicted octanol–water partition coefficient (Wildman–Crippen LogP) is 4.21. The van der Waals surface area contributed by atoms with Crippen LogP contribution in [0.5, 0.6) is 11.5 Å². The zero-order chi connectivity index (χ0) is 19.6. The number of carbonyl (C=O) groups excluding carboxylic acids is 2. The lowest BCUT2D eigenvalue weighted by atomic mass is 10.1. The van der Waals surface area contributed by atoms with E-state index in [1.54, 1.807) is 42.5 Å². The van der Waals surface area contributed by atoms with E-state index < -0.39 is 11.9 Å². The van der Waals surface area contributed by atoms with E-state index in [0.29, 0.717) is 22.1 Å². The van der Waals surface area contributed by atoms with Gasteiger partial charge >= 0.3 is 6.03 Å². The topological polar surface area (TPSA) is 67.9 Å². The molecule has 1 saturated heterocycles. The predicted molar refractivity (Wildman–Crippen MR) is 106 cm³/mol. The number of nitrogens with one attached hydrogen (secondary N) is 1. The SMILES string of the molecule is COc1cc(Br)cc(/C=C2/NC(=O)N(Cc3ccc(Cl)cc3)C2=O)c1OC. The molecule has 27 heavy (non-hydrogen) atoms. The van der Waals surface area contributed by atoms with Crippen molar-refractivity contribution in [2.24, 2.45) is 0 Å². The number of hydrogen-bond donors (Lipinski definition) is 1. The van der Waals surface area contributed by atoms with Crippen molar-refractivity contribution in [2.45, 2.75) is 6.54 Å². The van der Waals surface area contributed by atoms with E-state index in [2.05, 4.69) is 21.2 Å². The molecular formula is C19H16BrClN2O4. The van der Waals surface area contributed by atoms with Crippen molar-refractivity contribution in [3.63, 3.8) is 0 Å². The summed E-state index contributed by atoms with van der Waals surface area (Å²) in [6.45, 7) is 0.151. The van der Waals surface area contributed by atoms with Gasteiger partial charge in [-0.05, 0) is 35.9 Å². The fourth-order valence-electron chi connectivity index (χ4n) is 2.71. The fraction of sp³-hybridized carbons (Fsp3) is 0.158. The molecule has 3 amide bonds. The van der Waals surface area contributed by atoms with Crippen LogP contribution in [0, 0.1) is 0 Å². The molecule has 2 aromatic carbocycles. The molecule has 1 N–H and O–H groups in total. The van der Waals surface area contributed by atoms with E-state index in [9.17, 15) is 9.59 Å². The van der Waals surface area contributed by atoms with Crippen molar-refractivity contribution in [1.29, 1.82) is 0 Å². The van der Waals surface area contributed by atoms with Crippen LogP contribution in [0.25, 0.3) is 6.08 Å². The van der Waals surface area contributed by atoms with Crippen molar-refractivity contribution >= 4 is 45.5 Å². The highest BCUT2D eigenvalue weighted by Crippen LogP contribution is 2.36. The van der Waals surface area contributed by atoms with Gasteiger partial charge < -0.3 is 14.8 Å². The maximum Gasteiger partial charge on any atom is 0.329 e. The summed E-state index contributed by atoms with van der Waals surface area (Å²) in [6, 6.07) is 10.0. The van der Waals surface area contributed by atoms with E-state index >= 15 is 0 Å². The highest BCUT2D eigenvalue weighted by molar-refractivity contribution is 9.10. The highest BCUT2D eigenvalue weighted by atomic mass is 79.9. The van der Waals surface area contributed by atoms with Crippen LogP contribution in [0.3, 0.4) is 0 Å². The molecule has 3 rings (SSSR count). The molecule has 1 fully saturated rings. The summed E-state index contributed by atoms with van der Waals surface area (Å²) in [5.74, 6) is 0.552. The molecule has 0 saturated carbocycles. The molecule has 8 heteroatoms. The van der Waals surface area contributed by atoms with Gasteiger partial charge in [0, 0.05) is 15.1 Å². The van der Waals surface area contributed by atoms with Crippen LogP contribution in [-0.2, 0) is 11.3 Å². The van der Waals surface area contributed by atoms with Gasteiger partial charge in [0.1, 0.15) is 5.70 Å². The first kappa shape index (κ1) is 19.3. The molecule has 1 heterocycles. The van der Waals surface area contributed by atoms with Gasteiger partial charge in [0.2, 0.25) is 0 Å². The third-order valence-electron chi connectivity index (χ3n) is 3.99. The lowest BCUT2D eigenvalue weighted by Gasteiger charge is -2.12. The van der Waals surface area contributed by atoms with E-state index in [1.807, 2.05) is 0 Å². The number of benzene rings is 2. The number of hydrogen-bond acceptors (Lipinski definition) is 4. The Morgan fingerprint density at radius 3 is 2.48 bits per heavy atom. The number of nitrogens with zero attached hydrogens (tertiary/aromatic N) is 1. The molecule has 0 atom stereocenters. The zero-order valence-corrected chi connectivity index (χ0v) is 16.9. The van der Waals surface area contributed by atoms with Gasteiger partial charge in [-0.25, -0.2) is 4.79 Å². The van der Waals surface area contributed by atoms with E-state index in [0.717, 1.165) is 14.9 Å². The third-order valence-corrected chi connectivity index (χ3v) is 4.70. The lowest BCUT2D eigenvalue weighted by Crippen LogP contribution is -2.30. The number of halogens is 2. The average Bonchev–Trinajstić information content (AvgIpc) is 2.90. The normalized spacial score (nSPS) is 15.3. The molecule has 140 valence electrons. The summed E-state index contributed by atoms with van der Waals surface area (Å²) < 4.78 is 11.4. The van der Waals surface area contributed by atoms with Crippen LogP contribution in [-0.4, -0.2) is 31.1 Å². The second-order valence-electron chi connectivity index (χ2n) is 5.74. The maximum atomic E-state index is 12.7. The first-order valence-corrected chi connectivity index (χ1v) is 9.10. The Hall–Kier alpha value is -2.51. The summed E-state index contributed by atoms with van der Waals surface area (Å²) in [6.07, 6.45) is 1.56. The Morgan fingerprint density at radius 2 is 1.85 bits per heavy atom. The number of ether oxygens (including phenoxy) is 2. The number of amides is 3. The Morgan fingerprint density at radius 1 is 1.15 bits per heavy atom. The second-order valence-corrected chi connectivity index (χ2v) is 7.09. The summed E-state index contributed by atoms with van der Waals surface area (Å²) in [7, 11) is 3.03. The number of methoxy groups -OCH3 is 2. The molecular weight excluding hydrogens is 436 g/mol. The van der Waals surface area contributed by atoms with Crippen molar-refractivity contribution in [3.8, 4) is 11.5 Å². The first-order valence-electron chi connectivity index (χ1n) is 7.93. The summed E-state index contributed by atoms with van der Waals surface area (Å²) in [5.41, 5.74) is 1.55. The van der Waals surface area contributed by atoms with Gasteiger partial charge in [-0.1, -0.05) is 39.7 Å². The Bertz CT molecular complexity index is 928. The molecule has 0 radical (unpaired) electrons. The Balaban J connectivity index is 1.90. The molecule has 6 nitrogen and oxygen atoms in total. The van der Waals surface area contributed by atoms with Crippen molar-refractivity contribution in [2.75, 3.05) is 14.2 Å². The molecule has 0 aromatic heterocycles. The van der Waals surface area contributed by atoms with Gasteiger partial charge in [0.25, 0.3) is 5.91 Å². The number of imide groups is 1. The van der Waals surface area contributed by atoms with E-state index in [1.165, 1.54) is 14.2 Å². The van der Waals surface area contributed by atoms with Crippen LogP contribution < -0.4 is 14.8 Å². The molecule has 1 aliphatic heterocycles. The minimum atomic E-state index is -0.484. The fourth-order valence-corrected chi connectivity index (χ4v) is 3.29.